The molecule has 1 aromatic carbocycles. The van der Waals surface area contributed by atoms with Gasteiger partial charge in [0.25, 0.3) is 0 Å². The lowest BCUT2D eigenvalue weighted by atomic mass is 10.0. The third-order valence-corrected chi connectivity index (χ3v) is 2.95. The van der Waals surface area contributed by atoms with Crippen molar-refractivity contribution >= 4 is 17.7 Å². The fraction of sp³-hybridized carbons (Fsp3) is 0.467. The summed E-state index contributed by atoms with van der Waals surface area (Å²) in [7, 11) is 1.20. The second kappa shape index (κ2) is 7.85. The highest BCUT2D eigenvalue weighted by molar-refractivity contribution is 5.92. The summed E-state index contributed by atoms with van der Waals surface area (Å²) in [6, 6.07) is 2.58. The van der Waals surface area contributed by atoms with Crippen molar-refractivity contribution in [2.45, 2.75) is 32.5 Å². The topological polar surface area (TPSA) is 67.4 Å². The minimum Gasteiger partial charge on any atom is -0.467 e. The molecular weight excluding hydrogens is 313 g/mol. The Bertz CT molecular complexity index is 559. The van der Waals surface area contributed by atoms with Crippen LogP contribution in [-0.2, 0) is 15.7 Å². The zero-order valence-electron chi connectivity index (χ0n) is 13.0. The first-order valence-electron chi connectivity index (χ1n) is 6.96. The monoisotopic (exact) mass is 332 g/mol. The van der Waals surface area contributed by atoms with Crippen LogP contribution in [-0.4, -0.2) is 25.2 Å². The molecule has 23 heavy (non-hydrogen) atoms. The fourth-order valence-electron chi connectivity index (χ4n) is 1.93. The molecule has 0 fully saturated rings. The Morgan fingerprint density at radius 1 is 1.26 bits per heavy atom. The van der Waals surface area contributed by atoms with E-state index in [0.29, 0.717) is 6.42 Å². The maximum atomic E-state index is 12.6. The molecule has 128 valence electrons. The molecule has 2 N–H and O–H groups in total. The van der Waals surface area contributed by atoms with Gasteiger partial charge in [-0.2, -0.15) is 13.2 Å². The number of urea groups is 1. The van der Waals surface area contributed by atoms with E-state index in [1.165, 1.54) is 19.2 Å². The van der Waals surface area contributed by atoms with Gasteiger partial charge in [0.15, 0.2) is 0 Å². The Kier molecular flexibility index (Phi) is 6.41. The number of esters is 1. The van der Waals surface area contributed by atoms with Crippen molar-refractivity contribution < 1.29 is 27.5 Å². The van der Waals surface area contributed by atoms with Crippen LogP contribution in [0.15, 0.2) is 24.3 Å². The maximum absolute atomic E-state index is 12.6. The number of alkyl halides is 3. The van der Waals surface area contributed by atoms with Crippen LogP contribution in [0.2, 0.25) is 0 Å². The number of halogens is 3. The number of methoxy groups -OCH3 is 1. The van der Waals surface area contributed by atoms with E-state index in [4.69, 9.17) is 0 Å². The summed E-state index contributed by atoms with van der Waals surface area (Å²) in [6.07, 6.45) is -4.15. The molecule has 0 saturated carbocycles. The average molecular weight is 332 g/mol. The van der Waals surface area contributed by atoms with Crippen molar-refractivity contribution in [1.29, 1.82) is 0 Å². The normalized spacial score (nSPS) is 12.7. The molecule has 0 aliphatic rings. The molecule has 0 aliphatic carbocycles. The van der Waals surface area contributed by atoms with Crippen LogP contribution in [0.5, 0.6) is 0 Å². The SMILES string of the molecule is COC(=O)C(CC(C)C)NC(=O)Nc1cccc(C(F)(F)F)c1. The first-order chi connectivity index (χ1) is 10.6. The predicted octanol–water partition coefficient (Wildman–Crippen LogP) is 3.41. The van der Waals surface area contributed by atoms with Crippen molar-refractivity contribution in [2.24, 2.45) is 5.92 Å². The maximum Gasteiger partial charge on any atom is 0.416 e. The Labute approximate surface area is 132 Å². The summed E-state index contributed by atoms with van der Waals surface area (Å²) < 4.78 is 42.5. The third-order valence-electron chi connectivity index (χ3n) is 2.95. The highest BCUT2D eigenvalue weighted by Crippen LogP contribution is 2.30. The van der Waals surface area contributed by atoms with Crippen molar-refractivity contribution in [3.05, 3.63) is 29.8 Å². The van der Waals surface area contributed by atoms with Crippen LogP contribution in [0.4, 0.5) is 23.7 Å². The molecule has 0 bridgehead atoms. The number of ether oxygens (including phenoxy) is 1. The molecule has 5 nitrogen and oxygen atoms in total. The second-order valence-corrected chi connectivity index (χ2v) is 5.38. The summed E-state index contributed by atoms with van der Waals surface area (Å²) in [5, 5.41) is 4.68. The molecule has 1 atom stereocenters. The molecule has 0 aromatic heterocycles. The molecule has 0 aliphatic heterocycles. The van der Waals surface area contributed by atoms with Crippen molar-refractivity contribution in [2.75, 3.05) is 12.4 Å². The van der Waals surface area contributed by atoms with Gasteiger partial charge in [-0.05, 0) is 30.5 Å². The molecule has 0 spiro atoms. The van der Waals surface area contributed by atoms with Crippen LogP contribution in [0.1, 0.15) is 25.8 Å². The minimum atomic E-state index is -4.50. The number of benzene rings is 1. The highest BCUT2D eigenvalue weighted by Gasteiger charge is 2.30. The van der Waals surface area contributed by atoms with E-state index < -0.39 is 29.8 Å². The number of carbonyl (C=O) groups is 2. The molecule has 1 unspecified atom stereocenters. The Morgan fingerprint density at radius 2 is 1.91 bits per heavy atom. The van der Waals surface area contributed by atoms with Gasteiger partial charge in [0.1, 0.15) is 6.04 Å². The van der Waals surface area contributed by atoms with E-state index in [2.05, 4.69) is 15.4 Å². The summed E-state index contributed by atoms with van der Waals surface area (Å²) >= 11 is 0. The highest BCUT2D eigenvalue weighted by atomic mass is 19.4. The Hall–Kier alpha value is -2.25. The van der Waals surface area contributed by atoms with Crippen LogP contribution in [0.25, 0.3) is 0 Å². The number of rotatable bonds is 5. The second-order valence-electron chi connectivity index (χ2n) is 5.38. The zero-order chi connectivity index (χ0) is 17.6. The van der Waals surface area contributed by atoms with E-state index in [9.17, 15) is 22.8 Å². The van der Waals surface area contributed by atoms with Crippen LogP contribution >= 0.6 is 0 Å². The van der Waals surface area contributed by atoms with Gasteiger partial charge in [-0.15, -0.1) is 0 Å². The molecule has 8 heteroatoms. The van der Waals surface area contributed by atoms with Gasteiger partial charge in [-0.3, -0.25) is 0 Å². The quantitative estimate of drug-likeness (QED) is 0.812. The van der Waals surface area contributed by atoms with Crippen LogP contribution in [0, 0.1) is 5.92 Å². The van der Waals surface area contributed by atoms with Gasteiger partial charge < -0.3 is 15.4 Å². The Balaban J connectivity index is 2.76. The predicted molar refractivity (Wildman–Crippen MR) is 78.9 cm³/mol. The fourth-order valence-corrected chi connectivity index (χ4v) is 1.93. The van der Waals surface area contributed by atoms with Crippen molar-refractivity contribution in [1.82, 2.24) is 5.32 Å². The zero-order valence-corrected chi connectivity index (χ0v) is 13.0. The van der Waals surface area contributed by atoms with Crippen LogP contribution in [0.3, 0.4) is 0 Å². The van der Waals surface area contributed by atoms with Crippen molar-refractivity contribution in [3.63, 3.8) is 0 Å². The van der Waals surface area contributed by atoms with E-state index >= 15 is 0 Å². The van der Waals surface area contributed by atoms with E-state index in [0.717, 1.165) is 12.1 Å². The minimum absolute atomic E-state index is 0.0227. The first-order valence-corrected chi connectivity index (χ1v) is 6.96. The standard InChI is InChI=1S/C15H19F3N2O3/c1-9(2)7-12(13(21)23-3)20-14(22)19-11-6-4-5-10(8-11)15(16,17)18/h4-6,8-9,12H,7H2,1-3H3,(H2,19,20,22). The Morgan fingerprint density at radius 3 is 2.43 bits per heavy atom. The van der Waals surface area contributed by atoms with Gasteiger partial charge >= 0.3 is 18.2 Å². The number of nitrogens with one attached hydrogen (secondary N) is 2. The lowest BCUT2D eigenvalue weighted by molar-refractivity contribution is -0.143. The van der Waals surface area contributed by atoms with E-state index in [1.54, 1.807) is 0 Å². The van der Waals surface area contributed by atoms with Gasteiger partial charge in [0.2, 0.25) is 0 Å². The summed E-state index contributed by atoms with van der Waals surface area (Å²) in [5.41, 5.74) is -0.896. The summed E-state index contributed by atoms with van der Waals surface area (Å²) in [6.45, 7) is 3.73. The summed E-state index contributed by atoms with van der Waals surface area (Å²) in [5.74, 6) is -0.495. The summed E-state index contributed by atoms with van der Waals surface area (Å²) in [4.78, 5) is 23.5. The van der Waals surface area contributed by atoms with Gasteiger partial charge in [0.05, 0.1) is 12.7 Å². The van der Waals surface area contributed by atoms with Gasteiger partial charge in [-0.25, -0.2) is 9.59 Å². The third kappa shape index (κ3) is 6.17. The molecule has 1 aromatic rings. The number of hydrogen-bond donors (Lipinski definition) is 2. The molecular formula is C15H19F3N2O3. The molecule has 0 radical (unpaired) electrons. The van der Waals surface area contributed by atoms with E-state index in [-0.39, 0.29) is 11.6 Å². The molecule has 2 amide bonds. The van der Waals surface area contributed by atoms with E-state index in [1.807, 2.05) is 13.8 Å². The van der Waals surface area contributed by atoms with Crippen molar-refractivity contribution in [3.8, 4) is 0 Å². The number of hydrogen-bond acceptors (Lipinski definition) is 3. The first kappa shape index (κ1) is 18.8. The largest absolute Gasteiger partial charge is 0.467 e. The van der Waals surface area contributed by atoms with Gasteiger partial charge in [0, 0.05) is 5.69 Å². The number of carbonyl (C=O) groups excluding carboxylic acids is 2. The number of amides is 2. The van der Waals surface area contributed by atoms with Crippen LogP contribution < -0.4 is 10.6 Å². The lowest BCUT2D eigenvalue weighted by Gasteiger charge is -2.19. The van der Waals surface area contributed by atoms with Gasteiger partial charge in [-0.1, -0.05) is 19.9 Å². The lowest BCUT2D eigenvalue weighted by Crippen LogP contribution is -2.44. The molecule has 0 saturated heterocycles. The molecule has 1 rings (SSSR count). The smallest absolute Gasteiger partial charge is 0.416 e. The molecule has 0 heterocycles. The number of anilines is 1. The average Bonchev–Trinajstić information content (AvgIpc) is 2.44.